The van der Waals surface area contributed by atoms with Gasteiger partial charge in [0.1, 0.15) is 17.3 Å². The summed E-state index contributed by atoms with van der Waals surface area (Å²) in [6.07, 6.45) is 0. The van der Waals surface area contributed by atoms with Gasteiger partial charge in [-0.1, -0.05) is 42.5 Å². The largest absolute Gasteiger partial charge is 0.497 e. The van der Waals surface area contributed by atoms with E-state index >= 15 is 0 Å². The molecule has 0 aliphatic carbocycles. The van der Waals surface area contributed by atoms with Crippen LogP contribution in [0.3, 0.4) is 0 Å². The third-order valence-electron chi connectivity index (χ3n) is 4.66. The first kappa shape index (κ1) is 19.0. The van der Waals surface area contributed by atoms with E-state index in [9.17, 15) is 13.2 Å². The van der Waals surface area contributed by atoms with Crippen molar-refractivity contribution in [2.24, 2.45) is 0 Å². The molecule has 0 spiro atoms. The lowest BCUT2D eigenvalue weighted by Gasteiger charge is -2.25. The second kappa shape index (κ2) is 7.60. The maximum Gasteiger partial charge on any atom is 0.243 e. The van der Waals surface area contributed by atoms with E-state index in [-0.39, 0.29) is 0 Å². The Balaban J connectivity index is 1.79. The number of para-hydroxylation sites is 3. The monoisotopic (exact) mass is 409 g/mol. The molecule has 0 N–H and O–H groups in total. The molecular formula is C22H19NO5S. The number of hydrogen-bond donors (Lipinski definition) is 0. The molecule has 3 aromatic rings. The van der Waals surface area contributed by atoms with E-state index in [0.29, 0.717) is 28.5 Å². The summed E-state index contributed by atoms with van der Waals surface area (Å²) in [6, 6.07) is 22.7. The molecule has 0 bridgehead atoms. The molecule has 1 aliphatic heterocycles. The van der Waals surface area contributed by atoms with Gasteiger partial charge in [0.05, 0.1) is 12.8 Å². The molecule has 0 saturated carbocycles. The number of amides is 1. The predicted molar refractivity (Wildman–Crippen MR) is 110 cm³/mol. The Morgan fingerprint density at radius 1 is 0.862 bits per heavy atom. The molecule has 6 nitrogen and oxygen atoms in total. The van der Waals surface area contributed by atoms with Crippen molar-refractivity contribution in [1.82, 2.24) is 0 Å². The summed E-state index contributed by atoms with van der Waals surface area (Å²) in [7, 11) is -2.18. The summed E-state index contributed by atoms with van der Waals surface area (Å²) in [6.45, 7) is 0. The smallest absolute Gasteiger partial charge is 0.243 e. The molecule has 1 saturated heterocycles. The highest BCUT2D eigenvalue weighted by atomic mass is 32.2. The maximum atomic E-state index is 12.8. The number of carbonyl (C=O) groups is 1. The highest BCUT2D eigenvalue weighted by molar-refractivity contribution is 7.93. The molecule has 1 amide bonds. The van der Waals surface area contributed by atoms with Crippen molar-refractivity contribution >= 4 is 21.4 Å². The summed E-state index contributed by atoms with van der Waals surface area (Å²) in [4.78, 5) is 14.1. The fraction of sp³-hybridized carbons (Fsp3) is 0.136. The van der Waals surface area contributed by atoms with Crippen molar-refractivity contribution < 1.29 is 22.7 Å². The quantitative estimate of drug-likeness (QED) is 0.638. The van der Waals surface area contributed by atoms with Gasteiger partial charge in [0, 0.05) is 0 Å². The SMILES string of the molecule is COc1ccc([C@@H]2N(c3ccccc3Oc3ccccc3)C(=O)CS2(=O)=O)cc1. The van der Waals surface area contributed by atoms with Crippen LogP contribution in [0.4, 0.5) is 5.69 Å². The van der Waals surface area contributed by atoms with Gasteiger partial charge < -0.3 is 9.47 Å². The summed E-state index contributed by atoms with van der Waals surface area (Å²) in [5, 5.41) is -1.12. The Labute approximate surface area is 169 Å². The summed E-state index contributed by atoms with van der Waals surface area (Å²) < 4.78 is 36.8. The molecule has 0 unspecified atom stereocenters. The van der Waals surface area contributed by atoms with Crippen molar-refractivity contribution in [3.63, 3.8) is 0 Å². The number of anilines is 1. The van der Waals surface area contributed by atoms with E-state index in [1.807, 2.05) is 18.2 Å². The van der Waals surface area contributed by atoms with Gasteiger partial charge in [-0.05, 0) is 42.0 Å². The zero-order chi connectivity index (χ0) is 20.4. The van der Waals surface area contributed by atoms with Crippen LogP contribution < -0.4 is 14.4 Å². The first-order valence-electron chi connectivity index (χ1n) is 8.99. The zero-order valence-corrected chi connectivity index (χ0v) is 16.5. The van der Waals surface area contributed by atoms with Crippen molar-refractivity contribution in [3.05, 3.63) is 84.4 Å². The number of rotatable bonds is 5. The molecule has 29 heavy (non-hydrogen) atoms. The summed E-state index contributed by atoms with van der Waals surface area (Å²) in [5.74, 6) is 0.562. The first-order valence-corrected chi connectivity index (χ1v) is 10.7. The Kier molecular flexibility index (Phi) is 4.98. The molecule has 1 aliphatic rings. The third kappa shape index (κ3) is 3.69. The number of ether oxygens (including phenoxy) is 2. The molecule has 3 aromatic carbocycles. The summed E-state index contributed by atoms with van der Waals surface area (Å²) in [5.41, 5.74) is 0.898. The van der Waals surface area contributed by atoms with Crippen LogP contribution >= 0.6 is 0 Å². The van der Waals surface area contributed by atoms with E-state index in [1.165, 1.54) is 12.0 Å². The predicted octanol–water partition coefficient (Wildman–Crippen LogP) is 3.95. The zero-order valence-electron chi connectivity index (χ0n) is 15.7. The molecule has 0 radical (unpaired) electrons. The van der Waals surface area contributed by atoms with Crippen LogP contribution in [0.2, 0.25) is 0 Å². The fourth-order valence-corrected chi connectivity index (χ4v) is 5.12. The van der Waals surface area contributed by atoms with Gasteiger partial charge in [-0.3, -0.25) is 9.69 Å². The van der Waals surface area contributed by atoms with Crippen LogP contribution in [0, 0.1) is 0 Å². The van der Waals surface area contributed by atoms with Gasteiger partial charge in [0.2, 0.25) is 5.91 Å². The van der Waals surface area contributed by atoms with Crippen LogP contribution in [0.5, 0.6) is 17.2 Å². The third-order valence-corrected chi connectivity index (χ3v) is 6.48. The van der Waals surface area contributed by atoms with Gasteiger partial charge >= 0.3 is 0 Å². The number of sulfone groups is 1. The number of hydrogen-bond acceptors (Lipinski definition) is 5. The van der Waals surface area contributed by atoms with Gasteiger partial charge in [-0.15, -0.1) is 0 Å². The standard InChI is InChI=1S/C22H19NO5S/c1-27-17-13-11-16(12-14-17)22-23(21(24)15-29(22,25)26)19-9-5-6-10-20(19)28-18-7-3-2-4-8-18/h2-14,22H,15H2,1H3/t22-/m1/s1. The van der Waals surface area contributed by atoms with Gasteiger partial charge in [0.15, 0.2) is 21.0 Å². The van der Waals surface area contributed by atoms with Crippen LogP contribution in [0.15, 0.2) is 78.9 Å². The number of benzene rings is 3. The highest BCUT2D eigenvalue weighted by Gasteiger charge is 2.46. The maximum absolute atomic E-state index is 12.8. The molecule has 1 heterocycles. The van der Waals surface area contributed by atoms with Crippen LogP contribution in [-0.4, -0.2) is 27.2 Å². The Morgan fingerprint density at radius 3 is 2.21 bits per heavy atom. The number of nitrogens with zero attached hydrogens (tertiary/aromatic N) is 1. The van der Waals surface area contributed by atoms with Crippen LogP contribution in [-0.2, 0) is 14.6 Å². The van der Waals surface area contributed by atoms with Gasteiger partial charge in [-0.2, -0.15) is 0 Å². The lowest BCUT2D eigenvalue weighted by Crippen LogP contribution is -2.29. The van der Waals surface area contributed by atoms with Crippen LogP contribution in [0.25, 0.3) is 0 Å². The van der Waals surface area contributed by atoms with Gasteiger partial charge in [0.25, 0.3) is 0 Å². The van der Waals surface area contributed by atoms with Crippen LogP contribution in [0.1, 0.15) is 10.9 Å². The molecule has 148 valence electrons. The van der Waals surface area contributed by atoms with E-state index < -0.39 is 26.9 Å². The Bertz CT molecular complexity index is 1130. The van der Waals surface area contributed by atoms with Crippen molar-refractivity contribution in [3.8, 4) is 17.2 Å². The highest BCUT2D eigenvalue weighted by Crippen LogP contribution is 2.42. The van der Waals surface area contributed by atoms with Gasteiger partial charge in [-0.25, -0.2) is 8.42 Å². The van der Waals surface area contributed by atoms with Crippen molar-refractivity contribution in [2.75, 3.05) is 17.8 Å². The van der Waals surface area contributed by atoms with Crippen molar-refractivity contribution in [1.29, 1.82) is 0 Å². The lowest BCUT2D eigenvalue weighted by molar-refractivity contribution is -0.115. The van der Waals surface area contributed by atoms with E-state index in [4.69, 9.17) is 9.47 Å². The molecule has 4 rings (SSSR count). The minimum atomic E-state index is -3.72. The fourth-order valence-electron chi connectivity index (χ4n) is 3.36. The molecular weight excluding hydrogens is 390 g/mol. The van der Waals surface area contributed by atoms with E-state index in [0.717, 1.165) is 0 Å². The Morgan fingerprint density at radius 2 is 1.52 bits per heavy atom. The molecule has 7 heteroatoms. The minimum Gasteiger partial charge on any atom is -0.497 e. The normalized spacial score (nSPS) is 17.9. The minimum absolute atomic E-state index is 0.405. The average Bonchev–Trinajstić information content (AvgIpc) is 2.97. The topological polar surface area (TPSA) is 72.9 Å². The Hall–Kier alpha value is -3.32. The van der Waals surface area contributed by atoms with E-state index in [1.54, 1.807) is 60.7 Å². The first-order chi connectivity index (χ1) is 14.0. The van der Waals surface area contributed by atoms with Crippen molar-refractivity contribution in [2.45, 2.75) is 5.37 Å². The molecule has 0 aromatic heterocycles. The molecule has 1 fully saturated rings. The lowest BCUT2D eigenvalue weighted by atomic mass is 10.1. The number of methoxy groups -OCH3 is 1. The molecule has 1 atom stereocenters. The second-order valence-electron chi connectivity index (χ2n) is 6.58. The van der Waals surface area contributed by atoms with E-state index in [2.05, 4.69) is 0 Å². The second-order valence-corrected chi connectivity index (χ2v) is 8.64. The number of carbonyl (C=O) groups excluding carboxylic acids is 1. The average molecular weight is 409 g/mol. The summed E-state index contributed by atoms with van der Waals surface area (Å²) >= 11 is 0.